The summed E-state index contributed by atoms with van der Waals surface area (Å²) in [6.45, 7) is 6.87. The second-order valence-electron chi connectivity index (χ2n) is 4.63. The van der Waals surface area contributed by atoms with E-state index in [-0.39, 0.29) is 5.91 Å². The van der Waals surface area contributed by atoms with Gasteiger partial charge in [0.1, 0.15) is 0 Å². The van der Waals surface area contributed by atoms with Gasteiger partial charge in [0, 0.05) is 33.2 Å². The van der Waals surface area contributed by atoms with Crippen molar-refractivity contribution >= 4 is 5.91 Å². The van der Waals surface area contributed by atoms with E-state index < -0.39 is 0 Å². The van der Waals surface area contributed by atoms with E-state index in [1.165, 1.54) is 16.7 Å². The first kappa shape index (κ1) is 15.7. The Morgan fingerprint density at radius 2 is 2.05 bits per heavy atom. The first-order chi connectivity index (χ1) is 9.15. The third-order valence-corrected chi connectivity index (χ3v) is 3.19. The minimum atomic E-state index is 0.0607. The summed E-state index contributed by atoms with van der Waals surface area (Å²) in [5.41, 5.74) is 3.91. The molecular formula is C15H24N2O2. The van der Waals surface area contributed by atoms with Crippen LogP contribution in [0.25, 0.3) is 0 Å². The maximum absolute atomic E-state index is 11.4. The highest BCUT2D eigenvalue weighted by atomic mass is 16.5. The van der Waals surface area contributed by atoms with E-state index in [9.17, 15) is 4.79 Å². The summed E-state index contributed by atoms with van der Waals surface area (Å²) in [6.07, 6.45) is 0.495. The molecule has 0 aliphatic rings. The summed E-state index contributed by atoms with van der Waals surface area (Å²) in [5.74, 6) is 0.0607. The number of nitrogens with one attached hydrogen (secondary N) is 2. The van der Waals surface area contributed by atoms with Crippen LogP contribution in [0, 0.1) is 13.8 Å². The van der Waals surface area contributed by atoms with E-state index in [1.54, 1.807) is 7.11 Å². The molecule has 0 atom stereocenters. The van der Waals surface area contributed by atoms with E-state index in [4.69, 9.17) is 4.74 Å². The van der Waals surface area contributed by atoms with E-state index in [0.717, 1.165) is 6.54 Å². The zero-order valence-electron chi connectivity index (χ0n) is 12.1. The van der Waals surface area contributed by atoms with Gasteiger partial charge in [0.15, 0.2) is 0 Å². The zero-order valence-corrected chi connectivity index (χ0v) is 12.1. The maximum atomic E-state index is 11.4. The second-order valence-corrected chi connectivity index (χ2v) is 4.63. The first-order valence-corrected chi connectivity index (χ1v) is 6.66. The SMILES string of the molecule is COCCNC(=O)CCNCc1cccc(C)c1C. The van der Waals surface area contributed by atoms with Crippen LogP contribution in [0.5, 0.6) is 0 Å². The summed E-state index contributed by atoms with van der Waals surface area (Å²) in [5, 5.41) is 6.10. The Morgan fingerprint density at radius 1 is 1.26 bits per heavy atom. The Morgan fingerprint density at radius 3 is 2.79 bits per heavy atom. The topological polar surface area (TPSA) is 50.4 Å². The monoisotopic (exact) mass is 264 g/mol. The van der Waals surface area contributed by atoms with Crippen molar-refractivity contribution in [3.05, 3.63) is 34.9 Å². The average Bonchev–Trinajstić information content (AvgIpc) is 2.39. The van der Waals surface area contributed by atoms with Gasteiger partial charge in [-0.3, -0.25) is 4.79 Å². The molecule has 106 valence electrons. The van der Waals surface area contributed by atoms with Gasteiger partial charge in [0.2, 0.25) is 5.91 Å². The molecule has 4 nitrogen and oxygen atoms in total. The minimum Gasteiger partial charge on any atom is -0.383 e. The van der Waals surface area contributed by atoms with Crippen molar-refractivity contribution in [3.8, 4) is 0 Å². The highest BCUT2D eigenvalue weighted by molar-refractivity contribution is 5.76. The van der Waals surface area contributed by atoms with Gasteiger partial charge < -0.3 is 15.4 Å². The standard InChI is InChI=1S/C15H24N2O2/c1-12-5-4-6-14(13(12)2)11-16-8-7-15(18)17-9-10-19-3/h4-6,16H,7-11H2,1-3H3,(H,17,18). The first-order valence-electron chi connectivity index (χ1n) is 6.66. The summed E-state index contributed by atoms with van der Waals surface area (Å²) in [4.78, 5) is 11.4. The van der Waals surface area contributed by atoms with Gasteiger partial charge in [0.25, 0.3) is 0 Å². The fourth-order valence-corrected chi connectivity index (χ4v) is 1.81. The number of hydrogen-bond donors (Lipinski definition) is 2. The zero-order chi connectivity index (χ0) is 14.1. The van der Waals surface area contributed by atoms with Gasteiger partial charge in [-0.1, -0.05) is 18.2 Å². The number of amides is 1. The average molecular weight is 264 g/mol. The summed E-state index contributed by atoms with van der Waals surface area (Å²) in [6, 6.07) is 6.30. The lowest BCUT2D eigenvalue weighted by molar-refractivity contribution is -0.121. The number of carbonyl (C=O) groups excluding carboxylic acids is 1. The summed E-state index contributed by atoms with van der Waals surface area (Å²) >= 11 is 0. The molecule has 19 heavy (non-hydrogen) atoms. The molecule has 1 aromatic rings. The van der Waals surface area contributed by atoms with Crippen molar-refractivity contribution in [2.45, 2.75) is 26.8 Å². The Bertz CT molecular complexity index is 405. The van der Waals surface area contributed by atoms with Crippen LogP contribution in [0.2, 0.25) is 0 Å². The van der Waals surface area contributed by atoms with E-state index in [0.29, 0.717) is 26.1 Å². The molecule has 0 aliphatic heterocycles. The molecule has 0 radical (unpaired) electrons. The number of rotatable bonds is 8. The van der Waals surface area contributed by atoms with Crippen LogP contribution >= 0.6 is 0 Å². The molecule has 0 unspecified atom stereocenters. The lowest BCUT2D eigenvalue weighted by atomic mass is 10.0. The van der Waals surface area contributed by atoms with Gasteiger partial charge in [-0.25, -0.2) is 0 Å². The molecule has 0 saturated heterocycles. The highest BCUT2D eigenvalue weighted by Gasteiger charge is 2.02. The number of methoxy groups -OCH3 is 1. The fraction of sp³-hybridized carbons (Fsp3) is 0.533. The predicted octanol–water partition coefficient (Wildman–Crippen LogP) is 1.55. The van der Waals surface area contributed by atoms with Gasteiger partial charge in [-0.05, 0) is 30.5 Å². The third kappa shape index (κ3) is 5.85. The molecule has 0 aromatic heterocycles. The van der Waals surface area contributed by atoms with Crippen LogP contribution in [-0.2, 0) is 16.1 Å². The molecule has 0 heterocycles. The molecule has 4 heteroatoms. The largest absolute Gasteiger partial charge is 0.383 e. The Hall–Kier alpha value is -1.39. The van der Waals surface area contributed by atoms with Crippen LogP contribution in [0.15, 0.2) is 18.2 Å². The molecule has 2 N–H and O–H groups in total. The highest BCUT2D eigenvalue weighted by Crippen LogP contribution is 2.11. The lowest BCUT2D eigenvalue weighted by Crippen LogP contribution is -2.30. The van der Waals surface area contributed by atoms with Crippen LogP contribution in [0.4, 0.5) is 0 Å². The predicted molar refractivity (Wildman–Crippen MR) is 77.1 cm³/mol. The number of carbonyl (C=O) groups is 1. The third-order valence-electron chi connectivity index (χ3n) is 3.19. The Kier molecular flexibility index (Phi) is 7.15. The molecule has 0 spiro atoms. The molecule has 0 bridgehead atoms. The molecule has 0 saturated carbocycles. The summed E-state index contributed by atoms with van der Waals surface area (Å²) in [7, 11) is 1.62. The van der Waals surface area contributed by atoms with Crippen LogP contribution < -0.4 is 10.6 Å². The molecular weight excluding hydrogens is 240 g/mol. The Labute approximate surface area is 115 Å². The molecule has 1 aromatic carbocycles. The number of aryl methyl sites for hydroxylation is 1. The van der Waals surface area contributed by atoms with E-state index >= 15 is 0 Å². The molecule has 0 aliphatic carbocycles. The smallest absolute Gasteiger partial charge is 0.221 e. The van der Waals surface area contributed by atoms with Crippen molar-refractivity contribution in [3.63, 3.8) is 0 Å². The lowest BCUT2D eigenvalue weighted by Gasteiger charge is -2.10. The summed E-state index contributed by atoms with van der Waals surface area (Å²) < 4.78 is 4.87. The van der Waals surface area contributed by atoms with Gasteiger partial charge in [0.05, 0.1) is 6.61 Å². The van der Waals surface area contributed by atoms with Crippen molar-refractivity contribution in [2.24, 2.45) is 0 Å². The van der Waals surface area contributed by atoms with Crippen molar-refractivity contribution in [1.82, 2.24) is 10.6 Å². The molecule has 1 rings (SSSR count). The molecule has 0 fully saturated rings. The van der Waals surface area contributed by atoms with Gasteiger partial charge >= 0.3 is 0 Å². The van der Waals surface area contributed by atoms with Crippen LogP contribution in [0.1, 0.15) is 23.1 Å². The minimum absolute atomic E-state index is 0.0607. The fourth-order valence-electron chi connectivity index (χ4n) is 1.81. The van der Waals surface area contributed by atoms with E-state index in [1.807, 2.05) is 0 Å². The second kappa shape index (κ2) is 8.67. The van der Waals surface area contributed by atoms with Crippen molar-refractivity contribution in [1.29, 1.82) is 0 Å². The maximum Gasteiger partial charge on any atom is 0.221 e. The van der Waals surface area contributed by atoms with Crippen LogP contribution in [0.3, 0.4) is 0 Å². The van der Waals surface area contributed by atoms with Gasteiger partial charge in [-0.15, -0.1) is 0 Å². The van der Waals surface area contributed by atoms with Crippen LogP contribution in [-0.4, -0.2) is 32.7 Å². The number of hydrogen-bond acceptors (Lipinski definition) is 3. The normalized spacial score (nSPS) is 10.5. The van der Waals surface area contributed by atoms with E-state index in [2.05, 4.69) is 42.7 Å². The quantitative estimate of drug-likeness (QED) is 0.700. The number of ether oxygens (including phenoxy) is 1. The Balaban J connectivity index is 2.20. The van der Waals surface area contributed by atoms with Gasteiger partial charge in [-0.2, -0.15) is 0 Å². The number of benzene rings is 1. The van der Waals surface area contributed by atoms with Crippen molar-refractivity contribution < 1.29 is 9.53 Å². The molecule has 1 amide bonds. The van der Waals surface area contributed by atoms with Crippen molar-refractivity contribution in [2.75, 3.05) is 26.8 Å².